The van der Waals surface area contributed by atoms with Crippen LogP contribution < -0.4 is 5.43 Å². The lowest BCUT2D eigenvalue weighted by molar-refractivity contribution is -0.121. The maximum absolute atomic E-state index is 13.2. The molecule has 0 atom stereocenters. The molecule has 0 saturated heterocycles. The fraction of sp³-hybridized carbons (Fsp3) is 0.0909. The van der Waals surface area contributed by atoms with Crippen molar-refractivity contribution in [2.75, 3.05) is 6.54 Å². The van der Waals surface area contributed by atoms with Gasteiger partial charge in [-0.1, -0.05) is 51.8 Å². The number of aromatic hydroxyl groups is 1. The minimum atomic E-state index is -3.97. The van der Waals surface area contributed by atoms with Crippen LogP contribution in [-0.4, -0.2) is 36.5 Å². The molecule has 7 nitrogen and oxygen atoms in total. The Morgan fingerprint density at radius 3 is 2.44 bits per heavy atom. The van der Waals surface area contributed by atoms with Crippen molar-refractivity contribution in [3.63, 3.8) is 0 Å². The first-order chi connectivity index (χ1) is 15.2. The number of amides is 1. The average molecular weight is 537 g/mol. The number of nitrogens with one attached hydrogen (secondary N) is 1. The minimum absolute atomic E-state index is 0.0285. The molecule has 0 heterocycles. The molecule has 0 bridgehead atoms. The first-order valence-electron chi connectivity index (χ1n) is 9.35. The van der Waals surface area contributed by atoms with Crippen molar-refractivity contribution in [1.29, 1.82) is 0 Å². The van der Waals surface area contributed by atoms with E-state index in [0.29, 0.717) is 16.1 Å². The third kappa shape index (κ3) is 6.64. The van der Waals surface area contributed by atoms with Crippen LogP contribution in [0.5, 0.6) is 5.75 Å². The highest BCUT2D eigenvalue weighted by Crippen LogP contribution is 2.21. The number of hydrogen-bond acceptors (Lipinski definition) is 5. The zero-order valence-corrected chi connectivity index (χ0v) is 19.8. The maximum atomic E-state index is 13.2. The summed E-state index contributed by atoms with van der Waals surface area (Å²) in [6.07, 6.45) is 1.35. The van der Waals surface area contributed by atoms with Crippen molar-refractivity contribution in [3.8, 4) is 5.75 Å². The lowest BCUT2D eigenvalue weighted by Crippen LogP contribution is -2.39. The summed E-state index contributed by atoms with van der Waals surface area (Å²) in [6, 6.07) is 19.2. The van der Waals surface area contributed by atoms with Crippen LogP contribution in [0.15, 0.2) is 87.3 Å². The number of phenolic OH excluding ortho intramolecular Hbond substituents is 1. The van der Waals surface area contributed by atoms with Gasteiger partial charge in [0.25, 0.3) is 5.91 Å². The zero-order valence-electron chi connectivity index (χ0n) is 16.7. The van der Waals surface area contributed by atoms with E-state index in [1.807, 2.05) is 0 Å². The molecule has 10 heteroatoms. The molecule has 3 aromatic carbocycles. The van der Waals surface area contributed by atoms with E-state index in [-0.39, 0.29) is 17.2 Å². The van der Waals surface area contributed by atoms with Crippen LogP contribution in [0, 0.1) is 0 Å². The van der Waals surface area contributed by atoms with Gasteiger partial charge in [-0.25, -0.2) is 13.8 Å². The summed E-state index contributed by atoms with van der Waals surface area (Å²) in [6.45, 7) is -0.475. The second-order valence-electron chi connectivity index (χ2n) is 6.74. The molecule has 0 radical (unpaired) electrons. The highest BCUT2D eigenvalue weighted by Gasteiger charge is 2.27. The molecule has 0 aliphatic rings. The summed E-state index contributed by atoms with van der Waals surface area (Å²) in [5, 5.41) is 13.8. The number of sulfonamides is 1. The van der Waals surface area contributed by atoms with Crippen molar-refractivity contribution < 1.29 is 18.3 Å². The summed E-state index contributed by atoms with van der Waals surface area (Å²) >= 11 is 9.20. The number of rotatable bonds is 8. The molecule has 166 valence electrons. The van der Waals surface area contributed by atoms with E-state index in [1.54, 1.807) is 48.5 Å². The van der Waals surface area contributed by atoms with Gasteiger partial charge in [0, 0.05) is 16.0 Å². The Bertz CT molecular complexity index is 1220. The number of hydrazone groups is 1. The molecule has 0 unspecified atom stereocenters. The quantitative estimate of drug-likeness (QED) is 0.334. The van der Waals surface area contributed by atoms with Crippen LogP contribution in [0.3, 0.4) is 0 Å². The van der Waals surface area contributed by atoms with Crippen LogP contribution in [0.4, 0.5) is 0 Å². The summed E-state index contributed by atoms with van der Waals surface area (Å²) in [5.41, 5.74) is 3.57. The fourth-order valence-corrected chi connectivity index (χ4v) is 4.53. The van der Waals surface area contributed by atoms with Gasteiger partial charge >= 0.3 is 0 Å². The van der Waals surface area contributed by atoms with Gasteiger partial charge in [-0.15, -0.1) is 0 Å². The third-order valence-electron chi connectivity index (χ3n) is 4.32. The summed E-state index contributed by atoms with van der Waals surface area (Å²) in [5.74, 6) is -0.550. The van der Waals surface area contributed by atoms with Crippen LogP contribution in [0.25, 0.3) is 0 Å². The highest BCUT2D eigenvalue weighted by molar-refractivity contribution is 9.10. The van der Waals surface area contributed by atoms with Crippen molar-refractivity contribution in [2.45, 2.75) is 11.4 Å². The fourth-order valence-electron chi connectivity index (χ4n) is 2.75. The lowest BCUT2D eigenvalue weighted by atomic mass is 10.2. The topological polar surface area (TPSA) is 99.1 Å². The summed E-state index contributed by atoms with van der Waals surface area (Å²) < 4.78 is 28.2. The summed E-state index contributed by atoms with van der Waals surface area (Å²) in [7, 11) is -3.97. The SMILES string of the molecule is O=C(CN(Cc1ccc(Cl)cc1)S(=O)(=O)c1ccc(Br)cc1)N/N=C\c1cccc(O)c1. The number of carbonyl (C=O) groups is 1. The maximum Gasteiger partial charge on any atom is 0.255 e. The first-order valence-corrected chi connectivity index (χ1v) is 12.0. The molecule has 0 spiro atoms. The van der Waals surface area contributed by atoms with E-state index in [4.69, 9.17) is 11.6 Å². The van der Waals surface area contributed by atoms with Gasteiger partial charge < -0.3 is 5.11 Å². The molecular formula is C22H19BrClN3O4S. The Balaban J connectivity index is 1.79. The minimum Gasteiger partial charge on any atom is -0.508 e. The number of nitrogens with zero attached hydrogens (tertiary/aromatic N) is 2. The predicted octanol–water partition coefficient (Wildman–Crippen LogP) is 4.15. The Morgan fingerprint density at radius 2 is 1.78 bits per heavy atom. The Morgan fingerprint density at radius 1 is 1.09 bits per heavy atom. The van der Waals surface area contributed by atoms with E-state index in [0.717, 1.165) is 8.78 Å². The molecule has 0 aromatic heterocycles. The standard InChI is InChI=1S/C22H19BrClN3O4S/c23-18-6-10-21(11-7-18)32(30,31)27(14-16-4-8-19(24)9-5-16)15-22(29)26-25-13-17-2-1-3-20(28)12-17/h1-13,28H,14-15H2,(H,26,29)/b25-13-. The van der Waals surface area contributed by atoms with Crippen molar-refractivity contribution in [1.82, 2.24) is 9.73 Å². The molecule has 0 aliphatic carbocycles. The average Bonchev–Trinajstić information content (AvgIpc) is 2.75. The van der Waals surface area contributed by atoms with Gasteiger partial charge in [0.15, 0.2) is 0 Å². The molecule has 0 aliphatic heterocycles. The van der Waals surface area contributed by atoms with Gasteiger partial charge in [0.1, 0.15) is 5.75 Å². The predicted molar refractivity (Wildman–Crippen MR) is 127 cm³/mol. The number of hydrogen-bond donors (Lipinski definition) is 2. The number of carbonyl (C=O) groups excluding carboxylic acids is 1. The Labute approximate surface area is 199 Å². The molecule has 32 heavy (non-hydrogen) atoms. The molecule has 2 N–H and O–H groups in total. The van der Waals surface area contributed by atoms with Crippen molar-refractivity contribution >= 4 is 49.7 Å². The van der Waals surface area contributed by atoms with Crippen LogP contribution in [-0.2, 0) is 21.4 Å². The van der Waals surface area contributed by atoms with Gasteiger partial charge in [-0.3, -0.25) is 4.79 Å². The number of phenols is 1. The van der Waals surface area contributed by atoms with E-state index < -0.39 is 22.5 Å². The van der Waals surface area contributed by atoms with E-state index in [9.17, 15) is 18.3 Å². The molecule has 3 aromatic rings. The largest absolute Gasteiger partial charge is 0.508 e. The Hall–Kier alpha value is -2.72. The first kappa shape index (κ1) is 23.9. The highest BCUT2D eigenvalue weighted by atomic mass is 79.9. The molecule has 1 amide bonds. The molecule has 0 saturated carbocycles. The van der Waals surface area contributed by atoms with E-state index in [2.05, 4.69) is 26.5 Å². The van der Waals surface area contributed by atoms with Gasteiger partial charge in [-0.2, -0.15) is 9.41 Å². The second kappa shape index (κ2) is 10.7. The van der Waals surface area contributed by atoms with E-state index in [1.165, 1.54) is 30.5 Å². The van der Waals surface area contributed by atoms with Crippen LogP contribution in [0.1, 0.15) is 11.1 Å². The monoisotopic (exact) mass is 535 g/mol. The zero-order chi connectivity index (χ0) is 23.1. The molecule has 3 rings (SSSR count). The summed E-state index contributed by atoms with van der Waals surface area (Å²) in [4.78, 5) is 12.5. The second-order valence-corrected chi connectivity index (χ2v) is 10.0. The number of halogens is 2. The lowest BCUT2D eigenvalue weighted by Gasteiger charge is -2.21. The van der Waals surface area contributed by atoms with Gasteiger partial charge in [0.2, 0.25) is 10.0 Å². The van der Waals surface area contributed by atoms with Crippen LogP contribution >= 0.6 is 27.5 Å². The number of benzene rings is 3. The normalized spacial score (nSPS) is 11.7. The third-order valence-corrected chi connectivity index (χ3v) is 6.90. The van der Waals surface area contributed by atoms with Crippen molar-refractivity contribution in [3.05, 3.63) is 93.4 Å². The molecule has 0 fully saturated rings. The van der Waals surface area contributed by atoms with Crippen molar-refractivity contribution in [2.24, 2.45) is 5.10 Å². The Kier molecular flexibility index (Phi) is 8.03. The molecular weight excluding hydrogens is 518 g/mol. The van der Waals surface area contributed by atoms with E-state index >= 15 is 0 Å². The van der Waals surface area contributed by atoms with Gasteiger partial charge in [0.05, 0.1) is 17.7 Å². The van der Waals surface area contributed by atoms with Gasteiger partial charge in [-0.05, 0) is 59.7 Å². The van der Waals surface area contributed by atoms with Crippen LogP contribution in [0.2, 0.25) is 5.02 Å². The smallest absolute Gasteiger partial charge is 0.255 e.